The van der Waals surface area contributed by atoms with Crippen LogP contribution in [0.25, 0.3) is 5.57 Å². The maximum atomic E-state index is 13.1. The van der Waals surface area contributed by atoms with E-state index in [-0.39, 0.29) is 23.1 Å². The monoisotopic (exact) mass is 418 g/mol. The summed E-state index contributed by atoms with van der Waals surface area (Å²) in [5.74, 6) is -0.106. The van der Waals surface area contributed by atoms with Gasteiger partial charge in [-0.3, -0.25) is 14.5 Å². The number of anilines is 1. The molecule has 1 heterocycles. The zero-order valence-electron chi connectivity index (χ0n) is 15.8. The minimum atomic E-state index is -0.398. The number of hydrogen-bond donors (Lipinski definition) is 1. The van der Waals surface area contributed by atoms with Crippen LogP contribution in [0.4, 0.5) is 5.69 Å². The quantitative estimate of drug-likeness (QED) is 0.681. The third kappa shape index (κ3) is 3.86. The Labute approximate surface area is 173 Å². The maximum Gasteiger partial charge on any atom is 0.278 e. The molecule has 1 aliphatic heterocycles. The molecule has 0 aliphatic carbocycles. The molecule has 2 amide bonds. The van der Waals surface area contributed by atoms with Crippen molar-refractivity contribution in [2.24, 2.45) is 5.92 Å². The highest BCUT2D eigenvalue weighted by atomic mass is 35.5. The molecule has 0 fully saturated rings. The Morgan fingerprint density at radius 1 is 1.07 bits per heavy atom. The Morgan fingerprint density at radius 2 is 1.79 bits per heavy atom. The van der Waals surface area contributed by atoms with Crippen LogP contribution in [0.15, 0.2) is 48.2 Å². The van der Waals surface area contributed by atoms with E-state index in [2.05, 4.69) is 5.32 Å². The van der Waals surface area contributed by atoms with Gasteiger partial charge in [-0.2, -0.15) is 0 Å². The van der Waals surface area contributed by atoms with E-state index in [9.17, 15) is 9.59 Å². The zero-order valence-corrected chi connectivity index (χ0v) is 17.3. The van der Waals surface area contributed by atoms with E-state index < -0.39 is 5.91 Å². The van der Waals surface area contributed by atoms with E-state index >= 15 is 0 Å². The topological polar surface area (TPSA) is 58.6 Å². The number of benzene rings is 2. The smallest absolute Gasteiger partial charge is 0.278 e. The number of hydrogen-bond acceptors (Lipinski definition) is 4. The van der Waals surface area contributed by atoms with Crippen molar-refractivity contribution in [3.8, 4) is 5.75 Å². The van der Waals surface area contributed by atoms with Crippen molar-refractivity contribution >= 4 is 46.3 Å². The lowest BCUT2D eigenvalue weighted by atomic mass is 10.0. The first-order valence-corrected chi connectivity index (χ1v) is 9.55. The summed E-state index contributed by atoms with van der Waals surface area (Å²) in [4.78, 5) is 27.5. The van der Waals surface area contributed by atoms with Gasteiger partial charge < -0.3 is 10.1 Å². The summed E-state index contributed by atoms with van der Waals surface area (Å²) in [6.45, 7) is 4.20. The molecule has 7 heteroatoms. The van der Waals surface area contributed by atoms with Crippen LogP contribution in [0.2, 0.25) is 10.0 Å². The third-order valence-corrected chi connectivity index (χ3v) is 4.83. The minimum Gasteiger partial charge on any atom is -0.495 e. The summed E-state index contributed by atoms with van der Waals surface area (Å²) < 4.78 is 5.35. The molecular weight excluding hydrogens is 399 g/mol. The first-order chi connectivity index (χ1) is 13.3. The maximum absolute atomic E-state index is 13.1. The molecule has 0 saturated heterocycles. The highest BCUT2D eigenvalue weighted by Gasteiger charge is 2.40. The Balaban J connectivity index is 2.14. The molecular formula is C21H20Cl2N2O3. The van der Waals surface area contributed by atoms with Gasteiger partial charge in [0.25, 0.3) is 11.8 Å². The molecule has 0 radical (unpaired) electrons. The molecule has 0 bridgehead atoms. The molecule has 0 atom stereocenters. The van der Waals surface area contributed by atoms with Crippen LogP contribution in [0.1, 0.15) is 19.4 Å². The van der Waals surface area contributed by atoms with Gasteiger partial charge in [0.05, 0.1) is 23.4 Å². The molecule has 3 rings (SSSR count). The molecule has 0 aromatic heterocycles. The Bertz CT molecular complexity index is 970. The second-order valence-corrected chi connectivity index (χ2v) is 7.66. The van der Waals surface area contributed by atoms with E-state index in [0.29, 0.717) is 33.6 Å². The molecule has 1 aliphatic rings. The normalized spacial score (nSPS) is 14.3. The number of amides is 2. The average molecular weight is 419 g/mol. The molecule has 5 nitrogen and oxygen atoms in total. The number of carbonyl (C=O) groups is 2. The Morgan fingerprint density at radius 3 is 2.43 bits per heavy atom. The lowest BCUT2D eigenvalue weighted by Crippen LogP contribution is -2.35. The standard InChI is InChI=1S/C21H20Cl2N2O3/c1-12(2)11-25-20(26)18(14-9-8-13(22)10-15(14)23)19(21(25)27)24-16-6-4-5-7-17(16)28-3/h4-10,12,24H,11H2,1-3H3. The highest BCUT2D eigenvalue weighted by molar-refractivity contribution is 6.41. The second-order valence-electron chi connectivity index (χ2n) is 6.81. The predicted octanol–water partition coefficient (Wildman–Crippen LogP) is 4.85. The SMILES string of the molecule is COc1ccccc1NC1=C(c2ccc(Cl)cc2Cl)C(=O)N(CC(C)C)C1=O. The van der Waals surface area contributed by atoms with Gasteiger partial charge in [0.1, 0.15) is 11.4 Å². The number of imide groups is 1. The zero-order chi connectivity index (χ0) is 20.4. The largest absolute Gasteiger partial charge is 0.495 e. The van der Waals surface area contributed by atoms with Gasteiger partial charge in [-0.25, -0.2) is 0 Å². The number of halogens is 2. The molecule has 28 heavy (non-hydrogen) atoms. The minimum absolute atomic E-state index is 0.125. The number of rotatable bonds is 6. The lowest BCUT2D eigenvalue weighted by Gasteiger charge is -2.17. The number of carbonyl (C=O) groups excluding carboxylic acids is 2. The molecule has 1 N–H and O–H groups in total. The van der Waals surface area contributed by atoms with Crippen LogP contribution < -0.4 is 10.1 Å². The van der Waals surface area contributed by atoms with Gasteiger partial charge in [0, 0.05) is 17.1 Å². The number of nitrogens with one attached hydrogen (secondary N) is 1. The summed E-state index contributed by atoms with van der Waals surface area (Å²) in [6.07, 6.45) is 0. The van der Waals surface area contributed by atoms with Crippen molar-refractivity contribution in [3.63, 3.8) is 0 Å². The van der Waals surface area contributed by atoms with Crippen LogP contribution in [0.3, 0.4) is 0 Å². The van der Waals surface area contributed by atoms with E-state index in [1.807, 2.05) is 26.0 Å². The van der Waals surface area contributed by atoms with Crippen molar-refractivity contribution < 1.29 is 14.3 Å². The summed E-state index contributed by atoms with van der Waals surface area (Å²) in [7, 11) is 1.54. The second kappa shape index (κ2) is 8.25. The van der Waals surface area contributed by atoms with E-state index in [0.717, 1.165) is 0 Å². The summed E-state index contributed by atoms with van der Waals surface area (Å²) >= 11 is 12.3. The fourth-order valence-corrected chi connectivity index (χ4v) is 3.55. The van der Waals surface area contributed by atoms with Gasteiger partial charge in [-0.1, -0.05) is 55.2 Å². The van der Waals surface area contributed by atoms with Crippen LogP contribution >= 0.6 is 23.2 Å². The van der Waals surface area contributed by atoms with Crippen LogP contribution in [0, 0.1) is 5.92 Å². The molecule has 2 aromatic carbocycles. The number of para-hydroxylation sites is 2. The first-order valence-electron chi connectivity index (χ1n) is 8.79. The lowest BCUT2D eigenvalue weighted by molar-refractivity contribution is -0.137. The van der Waals surface area contributed by atoms with Crippen molar-refractivity contribution in [2.45, 2.75) is 13.8 Å². The van der Waals surface area contributed by atoms with Crippen molar-refractivity contribution in [1.29, 1.82) is 0 Å². The number of nitrogens with zero attached hydrogens (tertiary/aromatic N) is 1. The predicted molar refractivity (Wildman–Crippen MR) is 112 cm³/mol. The van der Waals surface area contributed by atoms with E-state index in [1.54, 1.807) is 37.4 Å². The summed E-state index contributed by atoms with van der Waals surface area (Å²) in [5.41, 5.74) is 1.42. The molecule has 2 aromatic rings. The van der Waals surface area contributed by atoms with Gasteiger partial charge in [0.15, 0.2) is 0 Å². The molecule has 0 spiro atoms. The van der Waals surface area contributed by atoms with Crippen molar-refractivity contribution in [2.75, 3.05) is 19.0 Å². The molecule has 146 valence electrons. The molecule has 0 saturated carbocycles. The van der Waals surface area contributed by atoms with Crippen molar-refractivity contribution in [1.82, 2.24) is 4.90 Å². The third-order valence-electron chi connectivity index (χ3n) is 4.28. The van der Waals surface area contributed by atoms with E-state index in [4.69, 9.17) is 27.9 Å². The fraction of sp³-hybridized carbons (Fsp3) is 0.238. The fourth-order valence-electron chi connectivity index (χ4n) is 3.05. The van der Waals surface area contributed by atoms with Gasteiger partial charge in [-0.15, -0.1) is 0 Å². The first kappa shape index (κ1) is 20.2. The highest BCUT2D eigenvalue weighted by Crippen LogP contribution is 2.36. The van der Waals surface area contributed by atoms with Gasteiger partial charge >= 0.3 is 0 Å². The van der Waals surface area contributed by atoms with Gasteiger partial charge in [0.2, 0.25) is 0 Å². The van der Waals surface area contributed by atoms with Crippen LogP contribution in [-0.2, 0) is 9.59 Å². The van der Waals surface area contributed by atoms with Crippen LogP contribution in [0.5, 0.6) is 5.75 Å². The van der Waals surface area contributed by atoms with Crippen molar-refractivity contribution in [3.05, 3.63) is 63.8 Å². The van der Waals surface area contributed by atoms with Gasteiger partial charge in [-0.05, 0) is 30.2 Å². The number of methoxy groups -OCH3 is 1. The number of ether oxygens (including phenoxy) is 1. The Hall–Kier alpha value is -2.50. The summed E-state index contributed by atoms with van der Waals surface area (Å²) in [6, 6.07) is 12.0. The molecule has 0 unspecified atom stereocenters. The Kier molecular flexibility index (Phi) is 5.96. The van der Waals surface area contributed by atoms with Crippen LogP contribution in [-0.4, -0.2) is 30.4 Å². The average Bonchev–Trinajstić information content (AvgIpc) is 2.87. The summed E-state index contributed by atoms with van der Waals surface area (Å²) in [5, 5.41) is 3.83. The van der Waals surface area contributed by atoms with E-state index in [1.165, 1.54) is 4.90 Å².